The van der Waals surface area contributed by atoms with Gasteiger partial charge in [-0.05, 0) is 26.0 Å². The van der Waals surface area contributed by atoms with Crippen molar-refractivity contribution in [2.24, 2.45) is 0 Å². The summed E-state index contributed by atoms with van der Waals surface area (Å²) < 4.78 is 28.4. The minimum atomic E-state index is -1.71. The van der Waals surface area contributed by atoms with Crippen LogP contribution in [0.3, 0.4) is 0 Å². The second kappa shape index (κ2) is 6.21. The van der Waals surface area contributed by atoms with Crippen LogP contribution in [0.2, 0.25) is 0 Å². The van der Waals surface area contributed by atoms with E-state index in [-0.39, 0.29) is 17.7 Å². The topological polar surface area (TPSA) is 79.5 Å². The van der Waals surface area contributed by atoms with Crippen molar-refractivity contribution in [3.05, 3.63) is 65.1 Å². The number of benzene rings is 1. The molecule has 1 unspecified atom stereocenters. The molecule has 0 fully saturated rings. The standard InChI is InChI=1S/C17H16F2N4O2/c1-10-14(15-20-6-3-7-23(15)22-10)16(24)21-9-17(2,25)12-5-4-11(18)8-13(12)19/h3-8,25H,9H2,1-2H3,(H,21,24). The molecular weight excluding hydrogens is 330 g/mol. The van der Waals surface area contributed by atoms with Crippen molar-refractivity contribution in [2.75, 3.05) is 6.54 Å². The molecule has 1 amide bonds. The van der Waals surface area contributed by atoms with Crippen molar-refractivity contribution in [2.45, 2.75) is 19.4 Å². The molecule has 1 atom stereocenters. The van der Waals surface area contributed by atoms with Gasteiger partial charge in [-0.25, -0.2) is 18.3 Å². The van der Waals surface area contributed by atoms with Crippen molar-refractivity contribution >= 4 is 11.6 Å². The first-order valence-corrected chi connectivity index (χ1v) is 7.55. The lowest BCUT2D eigenvalue weighted by molar-refractivity contribution is 0.0494. The first-order chi connectivity index (χ1) is 11.8. The molecule has 0 bridgehead atoms. The predicted molar refractivity (Wildman–Crippen MR) is 86.0 cm³/mol. The number of aliphatic hydroxyl groups is 1. The van der Waals surface area contributed by atoms with Gasteiger partial charge in [0.1, 0.15) is 22.8 Å². The van der Waals surface area contributed by atoms with Gasteiger partial charge in [-0.1, -0.05) is 6.07 Å². The van der Waals surface area contributed by atoms with Crippen LogP contribution in [0.1, 0.15) is 28.5 Å². The monoisotopic (exact) mass is 346 g/mol. The highest BCUT2D eigenvalue weighted by atomic mass is 19.1. The molecule has 0 saturated heterocycles. The Kier molecular flexibility index (Phi) is 4.22. The molecule has 3 rings (SSSR count). The molecule has 2 heterocycles. The maximum Gasteiger partial charge on any atom is 0.257 e. The maximum atomic E-state index is 13.9. The van der Waals surface area contributed by atoms with E-state index in [0.29, 0.717) is 17.4 Å². The smallest absolute Gasteiger partial charge is 0.257 e. The second-order valence-corrected chi connectivity index (χ2v) is 5.93. The molecule has 0 radical (unpaired) electrons. The summed E-state index contributed by atoms with van der Waals surface area (Å²) in [4.78, 5) is 16.6. The van der Waals surface area contributed by atoms with E-state index >= 15 is 0 Å². The van der Waals surface area contributed by atoms with Gasteiger partial charge < -0.3 is 10.4 Å². The number of carbonyl (C=O) groups excluding carboxylic acids is 1. The van der Waals surface area contributed by atoms with Crippen LogP contribution in [0, 0.1) is 18.6 Å². The molecule has 2 N–H and O–H groups in total. The van der Waals surface area contributed by atoms with Gasteiger partial charge in [0.25, 0.3) is 5.91 Å². The molecule has 0 spiro atoms. The van der Waals surface area contributed by atoms with Gasteiger partial charge in [0.15, 0.2) is 5.65 Å². The third-order valence-electron chi connectivity index (χ3n) is 3.90. The average molecular weight is 346 g/mol. The zero-order valence-corrected chi connectivity index (χ0v) is 13.6. The molecule has 0 aliphatic rings. The molecule has 2 aromatic heterocycles. The Morgan fingerprint density at radius 3 is 2.88 bits per heavy atom. The minimum absolute atomic E-state index is 0.107. The van der Waals surface area contributed by atoms with Gasteiger partial charge in [0.2, 0.25) is 0 Å². The van der Waals surface area contributed by atoms with E-state index in [0.717, 1.165) is 12.1 Å². The van der Waals surface area contributed by atoms with Gasteiger partial charge in [-0.2, -0.15) is 5.10 Å². The number of aryl methyl sites for hydroxylation is 1. The molecular formula is C17H16F2N4O2. The highest BCUT2D eigenvalue weighted by molar-refractivity contribution is 6.01. The summed E-state index contributed by atoms with van der Waals surface area (Å²) >= 11 is 0. The van der Waals surface area contributed by atoms with Crippen molar-refractivity contribution < 1.29 is 18.7 Å². The molecule has 0 aliphatic heterocycles. The summed E-state index contributed by atoms with van der Waals surface area (Å²) in [6, 6.07) is 4.57. The van der Waals surface area contributed by atoms with Crippen LogP contribution in [-0.4, -0.2) is 32.2 Å². The Labute approximate surface area is 142 Å². The summed E-state index contributed by atoms with van der Waals surface area (Å²) in [6.07, 6.45) is 3.20. The zero-order valence-electron chi connectivity index (χ0n) is 13.6. The van der Waals surface area contributed by atoms with E-state index in [1.54, 1.807) is 19.2 Å². The summed E-state index contributed by atoms with van der Waals surface area (Å²) in [5.41, 5.74) is -0.689. The third kappa shape index (κ3) is 3.20. The first-order valence-electron chi connectivity index (χ1n) is 7.55. The third-order valence-corrected chi connectivity index (χ3v) is 3.90. The van der Waals surface area contributed by atoms with Crippen LogP contribution >= 0.6 is 0 Å². The molecule has 0 aliphatic carbocycles. The number of hydrogen-bond donors (Lipinski definition) is 2. The van der Waals surface area contributed by atoms with Crippen LogP contribution in [0.25, 0.3) is 5.65 Å². The van der Waals surface area contributed by atoms with E-state index in [4.69, 9.17) is 0 Å². The average Bonchev–Trinajstić information content (AvgIpc) is 2.88. The zero-order chi connectivity index (χ0) is 18.2. The van der Waals surface area contributed by atoms with Crippen LogP contribution in [0.15, 0.2) is 36.7 Å². The van der Waals surface area contributed by atoms with Gasteiger partial charge in [0, 0.05) is 24.0 Å². The largest absolute Gasteiger partial charge is 0.383 e. The molecule has 3 aromatic rings. The van der Waals surface area contributed by atoms with E-state index in [1.807, 2.05) is 0 Å². The summed E-state index contributed by atoms with van der Waals surface area (Å²) in [5.74, 6) is -2.11. The van der Waals surface area contributed by atoms with Crippen molar-refractivity contribution in [3.8, 4) is 0 Å². The van der Waals surface area contributed by atoms with Crippen molar-refractivity contribution in [1.82, 2.24) is 19.9 Å². The van der Waals surface area contributed by atoms with E-state index in [9.17, 15) is 18.7 Å². The predicted octanol–water partition coefficient (Wildman–Crippen LogP) is 1.95. The van der Waals surface area contributed by atoms with Gasteiger partial charge in [0.05, 0.1) is 12.2 Å². The Balaban J connectivity index is 1.82. The first kappa shape index (κ1) is 17.0. The Morgan fingerprint density at radius 2 is 2.16 bits per heavy atom. The van der Waals surface area contributed by atoms with Crippen LogP contribution < -0.4 is 5.32 Å². The number of nitrogens with zero attached hydrogens (tertiary/aromatic N) is 3. The number of amides is 1. The highest BCUT2D eigenvalue weighted by Gasteiger charge is 2.28. The van der Waals surface area contributed by atoms with Crippen LogP contribution in [0.4, 0.5) is 8.78 Å². The van der Waals surface area contributed by atoms with Crippen molar-refractivity contribution in [3.63, 3.8) is 0 Å². The lowest BCUT2D eigenvalue weighted by Crippen LogP contribution is -2.39. The SMILES string of the molecule is Cc1nn2cccnc2c1C(=O)NCC(C)(O)c1ccc(F)cc1F. The van der Waals surface area contributed by atoms with Crippen molar-refractivity contribution in [1.29, 1.82) is 0 Å². The summed E-state index contributed by atoms with van der Waals surface area (Å²) in [5, 5.41) is 17.2. The lowest BCUT2D eigenvalue weighted by atomic mass is 9.95. The summed E-state index contributed by atoms with van der Waals surface area (Å²) in [6.45, 7) is 2.74. The molecule has 8 heteroatoms. The number of carbonyl (C=O) groups is 1. The molecule has 130 valence electrons. The fourth-order valence-electron chi connectivity index (χ4n) is 2.62. The quantitative estimate of drug-likeness (QED) is 0.757. The van der Waals surface area contributed by atoms with Gasteiger partial charge >= 0.3 is 0 Å². The minimum Gasteiger partial charge on any atom is -0.383 e. The molecule has 1 aromatic carbocycles. The van der Waals surface area contributed by atoms with E-state index in [2.05, 4.69) is 15.4 Å². The van der Waals surface area contributed by atoms with Crippen LogP contribution in [0.5, 0.6) is 0 Å². The molecule has 6 nitrogen and oxygen atoms in total. The second-order valence-electron chi connectivity index (χ2n) is 5.93. The highest BCUT2D eigenvalue weighted by Crippen LogP contribution is 2.24. The van der Waals surface area contributed by atoms with Gasteiger partial charge in [-0.3, -0.25) is 4.79 Å². The molecule has 25 heavy (non-hydrogen) atoms. The number of aromatic nitrogens is 3. The number of fused-ring (bicyclic) bond motifs is 1. The van der Waals surface area contributed by atoms with E-state index in [1.165, 1.54) is 17.6 Å². The molecule has 0 saturated carbocycles. The number of halogens is 2. The summed E-state index contributed by atoms with van der Waals surface area (Å²) in [7, 11) is 0. The van der Waals surface area contributed by atoms with Gasteiger partial charge in [-0.15, -0.1) is 0 Å². The fraction of sp³-hybridized carbons (Fsp3) is 0.235. The number of rotatable bonds is 4. The normalized spacial score (nSPS) is 13.6. The van der Waals surface area contributed by atoms with E-state index < -0.39 is 23.1 Å². The number of hydrogen-bond acceptors (Lipinski definition) is 4. The lowest BCUT2D eigenvalue weighted by Gasteiger charge is -2.24. The Hall–Kier alpha value is -2.87. The Bertz CT molecular complexity index is 953. The number of nitrogens with one attached hydrogen (secondary N) is 1. The van der Waals surface area contributed by atoms with Crippen LogP contribution in [-0.2, 0) is 5.60 Å². The maximum absolute atomic E-state index is 13.9. The fourth-order valence-corrected chi connectivity index (χ4v) is 2.62. The Morgan fingerprint density at radius 1 is 1.40 bits per heavy atom.